The predicted molar refractivity (Wildman–Crippen MR) is 49.1 cm³/mol. The molecule has 0 atom stereocenters. The molecule has 13 heavy (non-hydrogen) atoms. The summed E-state index contributed by atoms with van der Waals surface area (Å²) in [5.41, 5.74) is 0. The third-order valence-electron chi connectivity index (χ3n) is 2.02. The molecule has 0 N–H and O–H groups in total. The van der Waals surface area contributed by atoms with E-state index in [1.54, 1.807) is 11.0 Å². The summed E-state index contributed by atoms with van der Waals surface area (Å²) in [6.45, 7) is 7.79. The smallest absolute Gasteiger partial charge is 0.313 e. The molecule has 0 aromatic heterocycles. The van der Waals surface area contributed by atoms with E-state index in [2.05, 4.69) is 6.58 Å². The molecule has 1 fully saturated rings. The van der Waals surface area contributed by atoms with Crippen LogP contribution in [0, 0.1) is 0 Å². The van der Waals surface area contributed by atoms with Crippen molar-refractivity contribution in [1.82, 2.24) is 9.80 Å². The first-order chi connectivity index (χ1) is 6.07. The van der Waals surface area contributed by atoms with Gasteiger partial charge in [-0.25, -0.2) is 4.79 Å². The lowest BCUT2D eigenvalue weighted by molar-refractivity contribution is -0.125. The molecule has 0 aromatic carbocycles. The van der Waals surface area contributed by atoms with E-state index in [1.165, 1.54) is 4.90 Å². The van der Waals surface area contributed by atoms with Crippen molar-refractivity contribution in [2.45, 2.75) is 19.9 Å². The second-order valence-electron chi connectivity index (χ2n) is 3.30. The van der Waals surface area contributed by atoms with Crippen LogP contribution in [0.25, 0.3) is 0 Å². The van der Waals surface area contributed by atoms with Crippen LogP contribution in [0.3, 0.4) is 0 Å². The Hall–Kier alpha value is -1.32. The van der Waals surface area contributed by atoms with E-state index in [4.69, 9.17) is 0 Å². The summed E-state index contributed by atoms with van der Waals surface area (Å²) in [4.78, 5) is 25.6. The number of rotatable bonds is 3. The molecule has 3 amide bonds. The van der Waals surface area contributed by atoms with Gasteiger partial charge in [-0.3, -0.25) is 9.69 Å². The van der Waals surface area contributed by atoms with Crippen LogP contribution in [0.1, 0.15) is 13.8 Å². The lowest BCUT2D eigenvalue weighted by Gasteiger charge is -2.19. The zero-order valence-corrected chi connectivity index (χ0v) is 7.99. The van der Waals surface area contributed by atoms with Crippen LogP contribution >= 0.6 is 0 Å². The Morgan fingerprint density at radius 2 is 2.15 bits per heavy atom. The fraction of sp³-hybridized carbons (Fsp3) is 0.556. The van der Waals surface area contributed by atoms with Crippen molar-refractivity contribution >= 4 is 11.9 Å². The van der Waals surface area contributed by atoms with Gasteiger partial charge in [-0.15, -0.1) is 6.58 Å². The number of hydrogen-bond donors (Lipinski definition) is 0. The van der Waals surface area contributed by atoms with Crippen molar-refractivity contribution in [3.8, 4) is 0 Å². The van der Waals surface area contributed by atoms with E-state index in [1.807, 2.05) is 13.8 Å². The van der Waals surface area contributed by atoms with Gasteiger partial charge in [0.15, 0.2) is 0 Å². The summed E-state index contributed by atoms with van der Waals surface area (Å²) in [7, 11) is 0. The number of carbonyl (C=O) groups excluding carboxylic acids is 2. The zero-order valence-electron chi connectivity index (χ0n) is 7.99. The molecule has 4 heteroatoms. The third-order valence-corrected chi connectivity index (χ3v) is 2.02. The normalized spacial score (nSPS) is 17.5. The lowest BCUT2D eigenvalue weighted by Crippen LogP contribution is -2.36. The molecular weight excluding hydrogens is 168 g/mol. The highest BCUT2D eigenvalue weighted by molar-refractivity contribution is 6.02. The van der Waals surface area contributed by atoms with Gasteiger partial charge in [-0.1, -0.05) is 6.08 Å². The summed E-state index contributed by atoms with van der Waals surface area (Å²) in [5, 5.41) is 0. The SMILES string of the molecule is C=CCN1C(=O)CN(C(C)C)C1=O. The second-order valence-corrected chi connectivity index (χ2v) is 3.30. The van der Waals surface area contributed by atoms with E-state index in [0.29, 0.717) is 6.54 Å². The number of carbonyl (C=O) groups is 2. The van der Waals surface area contributed by atoms with Crippen LogP contribution in [0.5, 0.6) is 0 Å². The topological polar surface area (TPSA) is 40.6 Å². The summed E-state index contributed by atoms with van der Waals surface area (Å²) < 4.78 is 0. The van der Waals surface area contributed by atoms with Crippen LogP contribution in [-0.2, 0) is 4.79 Å². The summed E-state index contributed by atoms with van der Waals surface area (Å²) in [5.74, 6) is -0.140. The van der Waals surface area contributed by atoms with Crippen LogP contribution in [0.15, 0.2) is 12.7 Å². The summed E-state index contributed by atoms with van der Waals surface area (Å²) >= 11 is 0. The zero-order chi connectivity index (χ0) is 10.0. The minimum absolute atomic E-state index is 0.0752. The van der Waals surface area contributed by atoms with Gasteiger partial charge < -0.3 is 4.90 Å². The minimum Gasteiger partial charge on any atom is -0.313 e. The average molecular weight is 182 g/mol. The molecule has 0 unspecified atom stereocenters. The first kappa shape index (κ1) is 9.77. The number of amides is 3. The van der Waals surface area contributed by atoms with Crippen molar-refractivity contribution in [2.75, 3.05) is 13.1 Å². The first-order valence-corrected chi connectivity index (χ1v) is 4.29. The van der Waals surface area contributed by atoms with Gasteiger partial charge in [0.2, 0.25) is 0 Å². The van der Waals surface area contributed by atoms with Gasteiger partial charge >= 0.3 is 6.03 Å². The first-order valence-electron chi connectivity index (χ1n) is 4.29. The van der Waals surface area contributed by atoms with E-state index in [-0.39, 0.29) is 24.5 Å². The van der Waals surface area contributed by atoms with Crippen LogP contribution in [-0.4, -0.2) is 40.9 Å². The van der Waals surface area contributed by atoms with Crippen molar-refractivity contribution < 1.29 is 9.59 Å². The molecule has 1 aliphatic heterocycles. The molecule has 1 saturated heterocycles. The molecule has 72 valence electrons. The maximum atomic E-state index is 11.5. The molecule has 0 aromatic rings. The third kappa shape index (κ3) is 1.71. The molecule has 0 aliphatic carbocycles. The second kappa shape index (κ2) is 3.60. The Kier molecular flexibility index (Phi) is 2.70. The molecule has 0 saturated carbocycles. The minimum atomic E-state index is -0.208. The van der Waals surface area contributed by atoms with Gasteiger partial charge in [0, 0.05) is 12.6 Å². The van der Waals surface area contributed by atoms with Crippen LogP contribution in [0.2, 0.25) is 0 Å². The highest BCUT2D eigenvalue weighted by atomic mass is 16.2. The molecule has 0 spiro atoms. The quantitative estimate of drug-likeness (QED) is 0.479. The molecule has 1 aliphatic rings. The molecule has 4 nitrogen and oxygen atoms in total. The largest absolute Gasteiger partial charge is 0.327 e. The lowest BCUT2D eigenvalue weighted by atomic mass is 10.3. The highest BCUT2D eigenvalue weighted by Gasteiger charge is 2.36. The van der Waals surface area contributed by atoms with Crippen LogP contribution in [0.4, 0.5) is 4.79 Å². The van der Waals surface area contributed by atoms with Crippen molar-refractivity contribution in [3.05, 3.63) is 12.7 Å². The highest BCUT2D eigenvalue weighted by Crippen LogP contribution is 2.12. The summed E-state index contributed by atoms with van der Waals surface area (Å²) in [6, 6.07) is -0.133. The molecule has 1 rings (SSSR count). The van der Waals surface area contributed by atoms with Crippen molar-refractivity contribution in [3.63, 3.8) is 0 Å². The fourth-order valence-electron chi connectivity index (χ4n) is 1.27. The number of nitrogens with zero attached hydrogens (tertiary/aromatic N) is 2. The molecule has 1 heterocycles. The van der Waals surface area contributed by atoms with Gasteiger partial charge in [0.1, 0.15) is 6.54 Å². The van der Waals surface area contributed by atoms with Gasteiger partial charge in [-0.2, -0.15) is 0 Å². The Labute approximate surface area is 77.8 Å². The molecule has 0 bridgehead atoms. The number of imide groups is 1. The fourth-order valence-corrected chi connectivity index (χ4v) is 1.27. The van der Waals surface area contributed by atoms with Crippen molar-refractivity contribution in [1.29, 1.82) is 0 Å². The standard InChI is InChI=1S/C9H14N2O2/c1-4-5-10-8(12)6-11(7(2)3)9(10)13/h4,7H,1,5-6H2,2-3H3. The van der Waals surface area contributed by atoms with Crippen molar-refractivity contribution in [2.24, 2.45) is 0 Å². The van der Waals surface area contributed by atoms with E-state index >= 15 is 0 Å². The van der Waals surface area contributed by atoms with E-state index < -0.39 is 0 Å². The Morgan fingerprint density at radius 1 is 1.54 bits per heavy atom. The Morgan fingerprint density at radius 3 is 2.54 bits per heavy atom. The Bertz CT molecular complexity index is 248. The average Bonchev–Trinajstić information content (AvgIpc) is 2.32. The van der Waals surface area contributed by atoms with Gasteiger partial charge in [0.25, 0.3) is 5.91 Å². The van der Waals surface area contributed by atoms with Gasteiger partial charge in [-0.05, 0) is 13.8 Å². The van der Waals surface area contributed by atoms with E-state index in [0.717, 1.165) is 0 Å². The van der Waals surface area contributed by atoms with Crippen LogP contribution < -0.4 is 0 Å². The predicted octanol–water partition coefficient (Wildman–Crippen LogP) is 0.845. The van der Waals surface area contributed by atoms with E-state index in [9.17, 15) is 9.59 Å². The monoisotopic (exact) mass is 182 g/mol. The Balaban J connectivity index is 2.75. The molecule has 0 radical (unpaired) electrons. The maximum Gasteiger partial charge on any atom is 0.327 e. The number of hydrogen-bond acceptors (Lipinski definition) is 2. The van der Waals surface area contributed by atoms with Gasteiger partial charge in [0.05, 0.1) is 0 Å². The summed E-state index contributed by atoms with van der Waals surface area (Å²) in [6.07, 6.45) is 1.56. The maximum absolute atomic E-state index is 11.5. The molecular formula is C9H14N2O2. The number of urea groups is 1.